The molecule has 1 aliphatic heterocycles. The molecule has 0 aliphatic carbocycles. The van der Waals surface area contributed by atoms with E-state index in [0.29, 0.717) is 32.0 Å². The third-order valence-electron chi connectivity index (χ3n) is 5.73. The molecule has 5 rings (SSSR count). The SMILES string of the molecule is COc1ccc([C@@H]2C(C(=O)Nc3ccccc3)=C(C)N=c3s/c(=C\c4ccncc4)c(=O)n32)cc1. The molecule has 2 aromatic heterocycles. The molecule has 0 saturated heterocycles. The highest BCUT2D eigenvalue weighted by atomic mass is 32.1. The molecule has 7 nitrogen and oxygen atoms in total. The van der Waals surface area contributed by atoms with E-state index >= 15 is 0 Å². The number of aromatic nitrogens is 2. The topological polar surface area (TPSA) is 85.6 Å². The van der Waals surface area contributed by atoms with Crippen molar-refractivity contribution in [1.82, 2.24) is 9.55 Å². The maximum Gasteiger partial charge on any atom is 0.271 e. The summed E-state index contributed by atoms with van der Waals surface area (Å²) in [5, 5.41) is 2.95. The lowest BCUT2D eigenvalue weighted by Gasteiger charge is -2.25. The molecule has 1 amide bonds. The van der Waals surface area contributed by atoms with Crippen molar-refractivity contribution in [2.45, 2.75) is 13.0 Å². The van der Waals surface area contributed by atoms with Gasteiger partial charge in [-0.1, -0.05) is 41.7 Å². The van der Waals surface area contributed by atoms with E-state index in [0.717, 1.165) is 11.1 Å². The van der Waals surface area contributed by atoms with Crippen LogP contribution in [0.3, 0.4) is 0 Å². The predicted molar refractivity (Wildman–Crippen MR) is 136 cm³/mol. The molecule has 8 heteroatoms. The van der Waals surface area contributed by atoms with Crippen molar-refractivity contribution in [3.63, 3.8) is 0 Å². The van der Waals surface area contributed by atoms with Gasteiger partial charge in [0.1, 0.15) is 5.75 Å². The Morgan fingerprint density at radius 1 is 1.06 bits per heavy atom. The van der Waals surface area contributed by atoms with Gasteiger partial charge in [-0.25, -0.2) is 4.99 Å². The Morgan fingerprint density at radius 2 is 1.77 bits per heavy atom. The molecule has 35 heavy (non-hydrogen) atoms. The van der Waals surface area contributed by atoms with Crippen molar-refractivity contribution in [2.24, 2.45) is 4.99 Å². The molecule has 0 saturated carbocycles. The van der Waals surface area contributed by atoms with Gasteiger partial charge in [-0.15, -0.1) is 0 Å². The number of pyridine rings is 1. The summed E-state index contributed by atoms with van der Waals surface area (Å²) < 4.78 is 7.45. The van der Waals surface area contributed by atoms with Gasteiger partial charge < -0.3 is 10.1 Å². The summed E-state index contributed by atoms with van der Waals surface area (Å²) in [6, 6.07) is 19.7. The maximum absolute atomic E-state index is 13.6. The third-order valence-corrected chi connectivity index (χ3v) is 6.72. The van der Waals surface area contributed by atoms with Crippen molar-refractivity contribution in [1.29, 1.82) is 0 Å². The predicted octanol–water partition coefficient (Wildman–Crippen LogP) is 3.28. The first kappa shape index (κ1) is 22.5. The number of para-hydroxylation sites is 1. The number of fused-ring (bicyclic) bond motifs is 1. The van der Waals surface area contributed by atoms with E-state index < -0.39 is 6.04 Å². The average Bonchev–Trinajstić information content (AvgIpc) is 3.18. The first-order chi connectivity index (χ1) is 17.0. The number of anilines is 1. The number of benzene rings is 2. The summed E-state index contributed by atoms with van der Waals surface area (Å²) in [6.07, 6.45) is 5.18. The summed E-state index contributed by atoms with van der Waals surface area (Å²) in [4.78, 5) is 36.4. The van der Waals surface area contributed by atoms with E-state index in [2.05, 4.69) is 15.3 Å². The van der Waals surface area contributed by atoms with Gasteiger partial charge >= 0.3 is 0 Å². The van der Waals surface area contributed by atoms with Gasteiger partial charge in [-0.3, -0.25) is 19.1 Å². The molecular formula is C27H22N4O3S. The second kappa shape index (κ2) is 9.52. The van der Waals surface area contributed by atoms with Crippen LogP contribution >= 0.6 is 11.3 Å². The molecule has 0 fully saturated rings. The number of ether oxygens (including phenoxy) is 1. The minimum atomic E-state index is -0.638. The number of amides is 1. The van der Waals surface area contributed by atoms with Gasteiger partial charge in [0.25, 0.3) is 11.5 Å². The fourth-order valence-electron chi connectivity index (χ4n) is 4.04. The van der Waals surface area contributed by atoms with Crippen molar-refractivity contribution < 1.29 is 9.53 Å². The lowest BCUT2D eigenvalue weighted by atomic mass is 9.95. The van der Waals surface area contributed by atoms with Crippen LogP contribution in [-0.4, -0.2) is 22.6 Å². The van der Waals surface area contributed by atoms with E-state index in [1.165, 1.54) is 11.3 Å². The van der Waals surface area contributed by atoms with Crippen LogP contribution in [0, 0.1) is 0 Å². The van der Waals surface area contributed by atoms with Gasteiger partial charge in [0.05, 0.1) is 29.0 Å². The number of hydrogen-bond acceptors (Lipinski definition) is 6. The van der Waals surface area contributed by atoms with E-state index in [1.807, 2.05) is 72.8 Å². The lowest BCUT2D eigenvalue weighted by molar-refractivity contribution is -0.113. The molecule has 1 aliphatic rings. The minimum Gasteiger partial charge on any atom is -0.497 e. The number of nitrogens with zero attached hydrogens (tertiary/aromatic N) is 3. The number of carbonyl (C=O) groups is 1. The molecule has 2 aromatic carbocycles. The minimum absolute atomic E-state index is 0.205. The summed E-state index contributed by atoms with van der Waals surface area (Å²) in [7, 11) is 1.60. The Labute approximate surface area is 205 Å². The second-order valence-electron chi connectivity index (χ2n) is 7.96. The van der Waals surface area contributed by atoms with Crippen LogP contribution in [0.25, 0.3) is 6.08 Å². The Bertz CT molecular complexity index is 1590. The fourth-order valence-corrected chi connectivity index (χ4v) is 5.09. The van der Waals surface area contributed by atoms with Crippen LogP contribution in [0.15, 0.2) is 100 Å². The molecule has 174 valence electrons. The summed E-state index contributed by atoms with van der Waals surface area (Å²) in [5.74, 6) is 0.386. The van der Waals surface area contributed by atoms with Crippen LogP contribution < -0.4 is 24.9 Å². The van der Waals surface area contributed by atoms with Crippen LogP contribution in [0.1, 0.15) is 24.1 Å². The van der Waals surface area contributed by atoms with Gasteiger partial charge in [0.15, 0.2) is 4.80 Å². The third kappa shape index (κ3) is 4.43. The van der Waals surface area contributed by atoms with Crippen molar-refractivity contribution in [2.75, 3.05) is 12.4 Å². The average molecular weight is 483 g/mol. The highest BCUT2D eigenvalue weighted by Gasteiger charge is 2.32. The zero-order valence-corrected chi connectivity index (χ0v) is 20.0. The largest absolute Gasteiger partial charge is 0.497 e. The standard InChI is InChI=1S/C27H22N4O3S/c1-17-23(25(32)30-20-6-4-3-5-7-20)24(19-8-10-21(34-2)11-9-19)31-26(33)22(35-27(31)29-17)16-18-12-14-28-15-13-18/h3-16,24H,1-2H3,(H,30,32)/b22-16-/t24-/m1/s1. The first-order valence-electron chi connectivity index (χ1n) is 11.0. The zero-order valence-electron chi connectivity index (χ0n) is 19.1. The summed E-state index contributed by atoms with van der Waals surface area (Å²) in [6.45, 7) is 1.80. The van der Waals surface area contributed by atoms with Crippen molar-refractivity contribution in [3.05, 3.63) is 121 Å². The number of thiazole rings is 1. The van der Waals surface area contributed by atoms with Gasteiger partial charge in [-0.05, 0) is 60.5 Å². The Hall–Kier alpha value is -4.30. The lowest BCUT2D eigenvalue weighted by Crippen LogP contribution is -2.40. The summed E-state index contributed by atoms with van der Waals surface area (Å²) >= 11 is 1.30. The van der Waals surface area contributed by atoms with Crippen LogP contribution in [-0.2, 0) is 4.79 Å². The quantitative estimate of drug-likeness (QED) is 0.473. The number of hydrogen-bond donors (Lipinski definition) is 1. The molecule has 3 heterocycles. The first-order valence-corrected chi connectivity index (χ1v) is 11.8. The van der Waals surface area contributed by atoms with Gasteiger partial charge in [0, 0.05) is 18.1 Å². The highest BCUT2D eigenvalue weighted by molar-refractivity contribution is 7.07. The van der Waals surface area contributed by atoms with E-state index in [-0.39, 0.29) is 11.5 Å². The van der Waals surface area contributed by atoms with Crippen molar-refractivity contribution >= 4 is 29.0 Å². The number of carbonyl (C=O) groups excluding carboxylic acids is 1. The Morgan fingerprint density at radius 3 is 2.46 bits per heavy atom. The molecule has 0 radical (unpaired) electrons. The smallest absolute Gasteiger partial charge is 0.271 e. The van der Waals surface area contributed by atoms with Crippen LogP contribution in [0.5, 0.6) is 5.75 Å². The van der Waals surface area contributed by atoms with Gasteiger partial charge in [0.2, 0.25) is 0 Å². The van der Waals surface area contributed by atoms with Crippen molar-refractivity contribution in [3.8, 4) is 5.75 Å². The Kier molecular flexibility index (Phi) is 6.12. The molecule has 0 unspecified atom stereocenters. The molecule has 1 atom stereocenters. The number of allylic oxidation sites excluding steroid dienone is 1. The van der Waals surface area contributed by atoms with E-state index in [9.17, 15) is 9.59 Å². The van der Waals surface area contributed by atoms with Crippen LogP contribution in [0.2, 0.25) is 0 Å². The summed E-state index contributed by atoms with van der Waals surface area (Å²) in [5.41, 5.74) is 3.10. The fraction of sp³-hybridized carbons (Fsp3) is 0.111. The van der Waals surface area contributed by atoms with E-state index in [4.69, 9.17) is 4.74 Å². The van der Waals surface area contributed by atoms with E-state index in [1.54, 1.807) is 31.0 Å². The van der Waals surface area contributed by atoms with Gasteiger partial charge in [-0.2, -0.15) is 0 Å². The number of nitrogens with one attached hydrogen (secondary N) is 1. The molecular weight excluding hydrogens is 460 g/mol. The maximum atomic E-state index is 13.6. The molecule has 4 aromatic rings. The molecule has 1 N–H and O–H groups in total. The highest BCUT2D eigenvalue weighted by Crippen LogP contribution is 2.31. The second-order valence-corrected chi connectivity index (χ2v) is 8.96. The normalized spacial score (nSPS) is 15.4. The Balaban J connectivity index is 1.67. The number of methoxy groups -OCH3 is 1. The number of rotatable bonds is 5. The van der Waals surface area contributed by atoms with Crippen LogP contribution in [0.4, 0.5) is 5.69 Å². The zero-order chi connectivity index (χ0) is 24.4. The molecule has 0 bridgehead atoms. The molecule has 0 spiro atoms. The monoisotopic (exact) mass is 482 g/mol.